The molecule has 0 heterocycles. The number of primary amides is 1. The summed E-state index contributed by atoms with van der Waals surface area (Å²) in [5.41, 5.74) is 6.44. The number of amides is 1. The summed E-state index contributed by atoms with van der Waals surface area (Å²) < 4.78 is 0. The molecule has 0 aliphatic carbocycles. The van der Waals surface area contributed by atoms with Crippen molar-refractivity contribution >= 4 is 17.4 Å². The molecule has 1 aromatic carbocycles. The van der Waals surface area contributed by atoms with Crippen LogP contribution in [0.1, 0.15) is 17.3 Å². The first-order valence-corrected chi connectivity index (χ1v) is 4.63. The SMILES string of the molecule is CC(=Nc1ccc(C(N)=O)cc1)N(C)C. The molecule has 1 amide bonds. The molecule has 0 saturated carbocycles. The molecule has 0 aliphatic rings. The van der Waals surface area contributed by atoms with Crippen LogP contribution in [0.4, 0.5) is 5.69 Å². The Morgan fingerprint density at radius 3 is 2.20 bits per heavy atom. The number of carbonyl (C=O) groups excluding carboxylic acids is 1. The summed E-state index contributed by atoms with van der Waals surface area (Å²) in [5.74, 6) is 0.483. The molecular formula is C11H15N3O. The van der Waals surface area contributed by atoms with Gasteiger partial charge in [-0.2, -0.15) is 0 Å². The number of amidine groups is 1. The van der Waals surface area contributed by atoms with Crippen molar-refractivity contribution in [2.45, 2.75) is 6.92 Å². The molecule has 1 rings (SSSR count). The van der Waals surface area contributed by atoms with E-state index in [1.165, 1.54) is 0 Å². The van der Waals surface area contributed by atoms with Gasteiger partial charge in [-0.3, -0.25) is 4.79 Å². The van der Waals surface area contributed by atoms with E-state index in [1.807, 2.05) is 25.9 Å². The number of hydrogen-bond acceptors (Lipinski definition) is 2. The van der Waals surface area contributed by atoms with E-state index in [2.05, 4.69) is 4.99 Å². The summed E-state index contributed by atoms with van der Waals surface area (Å²) in [5, 5.41) is 0. The molecule has 15 heavy (non-hydrogen) atoms. The molecule has 80 valence electrons. The largest absolute Gasteiger partial charge is 0.366 e. The zero-order valence-corrected chi connectivity index (χ0v) is 9.19. The van der Waals surface area contributed by atoms with E-state index in [4.69, 9.17) is 5.73 Å². The maximum absolute atomic E-state index is 10.8. The Morgan fingerprint density at radius 2 is 1.80 bits per heavy atom. The van der Waals surface area contributed by atoms with Crippen molar-refractivity contribution in [1.29, 1.82) is 0 Å². The van der Waals surface area contributed by atoms with E-state index in [9.17, 15) is 4.79 Å². The topological polar surface area (TPSA) is 58.7 Å². The minimum atomic E-state index is -0.421. The zero-order valence-electron chi connectivity index (χ0n) is 9.19. The Morgan fingerprint density at radius 1 is 1.27 bits per heavy atom. The number of hydrogen-bond donors (Lipinski definition) is 1. The molecule has 0 unspecified atom stereocenters. The molecule has 0 bridgehead atoms. The van der Waals surface area contributed by atoms with Gasteiger partial charge in [-0.25, -0.2) is 4.99 Å². The van der Waals surface area contributed by atoms with Gasteiger partial charge in [-0.15, -0.1) is 0 Å². The number of carbonyl (C=O) groups is 1. The van der Waals surface area contributed by atoms with Crippen LogP contribution in [-0.2, 0) is 0 Å². The van der Waals surface area contributed by atoms with Crippen molar-refractivity contribution in [2.24, 2.45) is 10.7 Å². The summed E-state index contributed by atoms with van der Waals surface area (Å²) in [6.45, 7) is 1.92. The molecule has 0 saturated heterocycles. The highest BCUT2D eigenvalue weighted by Crippen LogP contribution is 2.13. The van der Waals surface area contributed by atoms with Crippen molar-refractivity contribution in [3.63, 3.8) is 0 Å². The van der Waals surface area contributed by atoms with Gasteiger partial charge in [0.05, 0.1) is 5.69 Å². The van der Waals surface area contributed by atoms with Crippen molar-refractivity contribution < 1.29 is 4.79 Å². The van der Waals surface area contributed by atoms with E-state index in [0.717, 1.165) is 11.5 Å². The lowest BCUT2D eigenvalue weighted by molar-refractivity contribution is 0.100. The molecule has 4 heteroatoms. The van der Waals surface area contributed by atoms with Crippen LogP contribution in [0.3, 0.4) is 0 Å². The second-order valence-corrected chi connectivity index (χ2v) is 3.46. The summed E-state index contributed by atoms with van der Waals surface area (Å²) in [4.78, 5) is 17.1. The minimum Gasteiger partial charge on any atom is -0.366 e. The molecule has 1 aromatic rings. The van der Waals surface area contributed by atoms with Gasteiger partial charge in [0.25, 0.3) is 0 Å². The fraction of sp³-hybridized carbons (Fsp3) is 0.273. The standard InChI is InChI=1S/C11H15N3O/c1-8(14(2)3)13-10-6-4-9(5-7-10)11(12)15/h4-7H,1-3H3,(H2,12,15). The number of aliphatic imine (C=N–C) groups is 1. The van der Waals surface area contributed by atoms with E-state index < -0.39 is 5.91 Å². The number of nitrogens with zero attached hydrogens (tertiary/aromatic N) is 2. The van der Waals surface area contributed by atoms with E-state index >= 15 is 0 Å². The van der Waals surface area contributed by atoms with Crippen molar-refractivity contribution in [3.05, 3.63) is 29.8 Å². The lowest BCUT2D eigenvalue weighted by Crippen LogP contribution is -2.17. The van der Waals surface area contributed by atoms with Gasteiger partial charge in [0.15, 0.2) is 0 Å². The van der Waals surface area contributed by atoms with Crippen molar-refractivity contribution in [1.82, 2.24) is 4.90 Å². The molecule has 4 nitrogen and oxygen atoms in total. The van der Waals surface area contributed by atoms with Gasteiger partial charge < -0.3 is 10.6 Å². The van der Waals surface area contributed by atoms with Gasteiger partial charge in [0.2, 0.25) is 5.91 Å². The molecule has 0 fully saturated rings. The Kier molecular flexibility index (Phi) is 3.44. The van der Waals surface area contributed by atoms with Gasteiger partial charge in [-0.05, 0) is 31.2 Å². The van der Waals surface area contributed by atoms with Gasteiger partial charge >= 0.3 is 0 Å². The zero-order chi connectivity index (χ0) is 11.4. The molecule has 0 aromatic heterocycles. The first-order valence-electron chi connectivity index (χ1n) is 4.63. The lowest BCUT2D eigenvalue weighted by atomic mass is 10.2. The third kappa shape index (κ3) is 3.09. The van der Waals surface area contributed by atoms with Gasteiger partial charge in [0.1, 0.15) is 5.84 Å². The van der Waals surface area contributed by atoms with Gasteiger partial charge in [0, 0.05) is 19.7 Å². The first kappa shape index (κ1) is 11.2. The van der Waals surface area contributed by atoms with Crippen LogP contribution in [0.2, 0.25) is 0 Å². The molecule has 0 spiro atoms. The monoisotopic (exact) mass is 205 g/mol. The van der Waals surface area contributed by atoms with Crippen LogP contribution in [-0.4, -0.2) is 30.7 Å². The summed E-state index contributed by atoms with van der Waals surface area (Å²) in [7, 11) is 3.85. The Balaban J connectivity index is 2.90. The van der Waals surface area contributed by atoms with Crippen molar-refractivity contribution in [3.8, 4) is 0 Å². The number of nitrogens with two attached hydrogens (primary N) is 1. The van der Waals surface area contributed by atoms with Crippen LogP contribution < -0.4 is 5.73 Å². The van der Waals surface area contributed by atoms with E-state index in [1.54, 1.807) is 24.3 Å². The first-order chi connectivity index (χ1) is 7.00. The smallest absolute Gasteiger partial charge is 0.248 e. The van der Waals surface area contributed by atoms with Crippen LogP contribution in [0, 0.1) is 0 Å². The van der Waals surface area contributed by atoms with Gasteiger partial charge in [-0.1, -0.05) is 0 Å². The Bertz CT molecular complexity index is 379. The van der Waals surface area contributed by atoms with Crippen molar-refractivity contribution in [2.75, 3.05) is 14.1 Å². The summed E-state index contributed by atoms with van der Waals surface area (Å²) in [6.07, 6.45) is 0. The molecular weight excluding hydrogens is 190 g/mol. The molecule has 0 radical (unpaired) electrons. The Labute approximate surface area is 89.4 Å². The lowest BCUT2D eigenvalue weighted by Gasteiger charge is -2.10. The van der Waals surface area contributed by atoms with Crippen LogP contribution >= 0.6 is 0 Å². The fourth-order valence-corrected chi connectivity index (χ4v) is 0.987. The number of rotatable bonds is 2. The van der Waals surface area contributed by atoms with Crippen LogP contribution in [0.15, 0.2) is 29.3 Å². The van der Waals surface area contributed by atoms with Crippen LogP contribution in [0.25, 0.3) is 0 Å². The predicted molar refractivity (Wildman–Crippen MR) is 61.4 cm³/mol. The highest BCUT2D eigenvalue weighted by atomic mass is 16.1. The third-order valence-corrected chi connectivity index (χ3v) is 2.09. The molecule has 2 N–H and O–H groups in total. The van der Waals surface area contributed by atoms with Crippen LogP contribution in [0.5, 0.6) is 0 Å². The predicted octanol–water partition coefficient (Wildman–Crippen LogP) is 1.40. The molecule has 0 aliphatic heterocycles. The number of benzene rings is 1. The average molecular weight is 205 g/mol. The summed E-state index contributed by atoms with van der Waals surface area (Å²) in [6, 6.07) is 6.88. The maximum atomic E-state index is 10.8. The highest BCUT2D eigenvalue weighted by molar-refractivity contribution is 5.93. The molecule has 0 atom stereocenters. The fourth-order valence-electron chi connectivity index (χ4n) is 0.987. The second kappa shape index (κ2) is 4.59. The average Bonchev–Trinajstić information content (AvgIpc) is 2.18. The Hall–Kier alpha value is -1.84. The third-order valence-electron chi connectivity index (χ3n) is 2.09. The highest BCUT2D eigenvalue weighted by Gasteiger charge is 1.99. The normalized spacial score (nSPS) is 11.3. The quantitative estimate of drug-likeness (QED) is 0.586. The summed E-state index contributed by atoms with van der Waals surface area (Å²) >= 11 is 0. The van der Waals surface area contributed by atoms with E-state index in [-0.39, 0.29) is 0 Å². The van der Waals surface area contributed by atoms with E-state index in [0.29, 0.717) is 5.56 Å². The maximum Gasteiger partial charge on any atom is 0.248 e. The second-order valence-electron chi connectivity index (χ2n) is 3.46. The minimum absolute atomic E-state index is 0.421.